The standard InChI is InChI=1S/C10H15N2O/c1-12-9(6-7-11-12)8-4-2-3-5-10(8)13/h6-8,10H,2-5H2,1H3. The van der Waals surface area contributed by atoms with Gasteiger partial charge < -0.3 is 0 Å². The minimum Gasteiger partial charge on any atom is -0.272 e. The molecular formula is C10H15N2O. The molecule has 0 aromatic carbocycles. The molecule has 2 atom stereocenters. The van der Waals surface area contributed by atoms with Crippen molar-refractivity contribution in [2.45, 2.75) is 37.7 Å². The molecule has 13 heavy (non-hydrogen) atoms. The molecule has 0 saturated heterocycles. The van der Waals surface area contributed by atoms with Gasteiger partial charge in [0.05, 0.1) is 0 Å². The van der Waals surface area contributed by atoms with Gasteiger partial charge in [0, 0.05) is 24.9 Å². The molecule has 3 heteroatoms. The van der Waals surface area contributed by atoms with Gasteiger partial charge in [0.2, 0.25) is 0 Å². The lowest BCUT2D eigenvalue weighted by atomic mass is 9.84. The first-order valence-electron chi connectivity index (χ1n) is 4.93. The van der Waals surface area contributed by atoms with E-state index in [1.54, 1.807) is 6.20 Å². The summed E-state index contributed by atoms with van der Waals surface area (Å²) in [7, 11) is 1.91. The number of rotatable bonds is 1. The van der Waals surface area contributed by atoms with Crippen molar-refractivity contribution in [1.82, 2.24) is 9.78 Å². The average molecular weight is 179 g/mol. The largest absolute Gasteiger partial charge is 0.272 e. The van der Waals surface area contributed by atoms with E-state index in [-0.39, 0.29) is 5.92 Å². The van der Waals surface area contributed by atoms with Crippen LogP contribution in [0.5, 0.6) is 0 Å². The van der Waals surface area contributed by atoms with Crippen LogP contribution in [0.2, 0.25) is 0 Å². The Morgan fingerprint density at radius 3 is 2.85 bits per heavy atom. The van der Waals surface area contributed by atoms with Gasteiger partial charge in [0.15, 0.2) is 0 Å². The molecule has 0 N–H and O–H groups in total. The van der Waals surface area contributed by atoms with Crippen LogP contribution in [0, 0.1) is 0 Å². The Bertz CT molecular complexity index is 282. The summed E-state index contributed by atoms with van der Waals surface area (Å²) in [6, 6.07) is 1.97. The molecule has 1 aromatic heterocycles. The summed E-state index contributed by atoms with van der Waals surface area (Å²) in [5, 5.41) is 15.8. The summed E-state index contributed by atoms with van der Waals surface area (Å²) in [6.07, 6.45) is 5.52. The van der Waals surface area contributed by atoms with Crippen LogP contribution in [0.3, 0.4) is 0 Å². The molecule has 1 fully saturated rings. The number of nitrogens with zero attached hydrogens (tertiary/aromatic N) is 2. The van der Waals surface area contributed by atoms with E-state index in [0.717, 1.165) is 25.0 Å². The van der Waals surface area contributed by atoms with Gasteiger partial charge in [0.1, 0.15) is 6.10 Å². The van der Waals surface area contributed by atoms with Crippen LogP contribution in [0.1, 0.15) is 37.3 Å². The Morgan fingerprint density at radius 2 is 2.23 bits per heavy atom. The molecule has 1 aromatic rings. The molecule has 71 valence electrons. The van der Waals surface area contributed by atoms with Crippen LogP contribution in [0.15, 0.2) is 12.3 Å². The van der Waals surface area contributed by atoms with Crippen LogP contribution in [-0.2, 0) is 12.2 Å². The first kappa shape index (κ1) is 8.75. The van der Waals surface area contributed by atoms with Gasteiger partial charge in [0.25, 0.3) is 0 Å². The van der Waals surface area contributed by atoms with Gasteiger partial charge in [-0.05, 0) is 18.9 Å². The second-order valence-electron chi connectivity index (χ2n) is 3.81. The van der Waals surface area contributed by atoms with Gasteiger partial charge in [-0.15, -0.1) is 0 Å². The maximum absolute atomic E-state index is 11.7. The van der Waals surface area contributed by atoms with Crippen molar-refractivity contribution in [2.24, 2.45) is 7.05 Å². The number of hydrogen-bond acceptors (Lipinski definition) is 1. The fraction of sp³-hybridized carbons (Fsp3) is 0.700. The van der Waals surface area contributed by atoms with E-state index in [0.29, 0.717) is 0 Å². The second kappa shape index (κ2) is 3.50. The first-order valence-corrected chi connectivity index (χ1v) is 4.93. The van der Waals surface area contributed by atoms with E-state index in [1.807, 2.05) is 17.8 Å². The Hall–Kier alpha value is -0.830. The Balaban J connectivity index is 2.19. The third-order valence-corrected chi connectivity index (χ3v) is 2.94. The van der Waals surface area contributed by atoms with Crippen molar-refractivity contribution in [3.63, 3.8) is 0 Å². The van der Waals surface area contributed by atoms with Crippen LogP contribution >= 0.6 is 0 Å². The van der Waals surface area contributed by atoms with E-state index in [2.05, 4.69) is 5.10 Å². The minimum absolute atomic E-state index is 0.196. The molecule has 1 saturated carbocycles. The molecule has 0 aliphatic heterocycles. The summed E-state index contributed by atoms with van der Waals surface area (Å²) >= 11 is 0. The molecule has 1 aliphatic rings. The second-order valence-corrected chi connectivity index (χ2v) is 3.81. The van der Waals surface area contributed by atoms with E-state index in [4.69, 9.17) is 0 Å². The fourth-order valence-corrected chi connectivity index (χ4v) is 2.18. The predicted octanol–water partition coefficient (Wildman–Crippen LogP) is 1.88. The lowest BCUT2D eigenvalue weighted by molar-refractivity contribution is 0.0349. The van der Waals surface area contributed by atoms with Gasteiger partial charge >= 0.3 is 0 Å². The molecule has 2 unspecified atom stereocenters. The highest BCUT2D eigenvalue weighted by molar-refractivity contribution is 5.10. The lowest BCUT2D eigenvalue weighted by Crippen LogP contribution is -2.23. The van der Waals surface area contributed by atoms with Gasteiger partial charge in [-0.1, -0.05) is 12.8 Å². The van der Waals surface area contributed by atoms with E-state index in [9.17, 15) is 5.11 Å². The monoisotopic (exact) mass is 179 g/mol. The third kappa shape index (κ3) is 1.61. The summed E-state index contributed by atoms with van der Waals surface area (Å²) < 4.78 is 1.83. The quantitative estimate of drug-likeness (QED) is 0.648. The molecule has 2 rings (SSSR count). The van der Waals surface area contributed by atoms with Crippen molar-refractivity contribution in [1.29, 1.82) is 0 Å². The normalized spacial score (nSPS) is 29.1. The molecular weight excluding hydrogens is 164 g/mol. The summed E-state index contributed by atoms with van der Waals surface area (Å²) in [4.78, 5) is 0. The zero-order valence-corrected chi connectivity index (χ0v) is 7.94. The average Bonchev–Trinajstić information content (AvgIpc) is 2.52. The van der Waals surface area contributed by atoms with Gasteiger partial charge in [-0.3, -0.25) is 4.68 Å². The van der Waals surface area contributed by atoms with Crippen LogP contribution in [-0.4, -0.2) is 15.9 Å². The van der Waals surface area contributed by atoms with Gasteiger partial charge in [-0.25, -0.2) is 5.11 Å². The summed E-state index contributed by atoms with van der Waals surface area (Å²) in [5.41, 5.74) is 1.11. The van der Waals surface area contributed by atoms with Crippen molar-refractivity contribution >= 4 is 0 Å². The summed E-state index contributed by atoms with van der Waals surface area (Å²) in [5.74, 6) is 0.196. The van der Waals surface area contributed by atoms with Gasteiger partial charge in [-0.2, -0.15) is 5.10 Å². The van der Waals surface area contributed by atoms with Crippen molar-refractivity contribution in [2.75, 3.05) is 0 Å². The minimum atomic E-state index is -0.413. The highest BCUT2D eigenvalue weighted by atomic mass is 16.3. The zero-order valence-electron chi connectivity index (χ0n) is 7.94. The Labute approximate surface area is 78.4 Å². The zero-order chi connectivity index (χ0) is 9.26. The maximum Gasteiger partial charge on any atom is 0.101 e. The van der Waals surface area contributed by atoms with Crippen molar-refractivity contribution in [3.8, 4) is 0 Å². The van der Waals surface area contributed by atoms with Crippen molar-refractivity contribution in [3.05, 3.63) is 18.0 Å². The highest BCUT2D eigenvalue weighted by Crippen LogP contribution is 2.32. The molecule has 0 bridgehead atoms. The predicted molar refractivity (Wildman–Crippen MR) is 48.9 cm³/mol. The molecule has 3 nitrogen and oxygen atoms in total. The Morgan fingerprint density at radius 1 is 1.46 bits per heavy atom. The highest BCUT2D eigenvalue weighted by Gasteiger charge is 2.27. The SMILES string of the molecule is Cn1nccc1C1CCCCC1[O]. The Kier molecular flexibility index (Phi) is 2.36. The lowest BCUT2D eigenvalue weighted by Gasteiger charge is -2.25. The number of aromatic nitrogens is 2. The van der Waals surface area contributed by atoms with Crippen LogP contribution < -0.4 is 0 Å². The smallest absolute Gasteiger partial charge is 0.101 e. The number of hydrogen-bond donors (Lipinski definition) is 0. The van der Waals surface area contributed by atoms with E-state index < -0.39 is 6.10 Å². The maximum atomic E-state index is 11.7. The molecule has 0 amide bonds. The molecule has 1 radical (unpaired) electrons. The molecule has 0 spiro atoms. The summed E-state index contributed by atoms with van der Waals surface area (Å²) in [6.45, 7) is 0. The fourth-order valence-electron chi connectivity index (χ4n) is 2.18. The van der Waals surface area contributed by atoms with E-state index in [1.165, 1.54) is 6.42 Å². The third-order valence-electron chi connectivity index (χ3n) is 2.94. The van der Waals surface area contributed by atoms with Crippen LogP contribution in [0.4, 0.5) is 0 Å². The molecule has 1 aliphatic carbocycles. The molecule has 1 heterocycles. The number of aryl methyl sites for hydroxylation is 1. The topological polar surface area (TPSA) is 37.7 Å². The van der Waals surface area contributed by atoms with E-state index >= 15 is 0 Å². The first-order chi connectivity index (χ1) is 6.29. The van der Waals surface area contributed by atoms with Crippen LogP contribution in [0.25, 0.3) is 0 Å². The van der Waals surface area contributed by atoms with Crippen molar-refractivity contribution < 1.29 is 5.11 Å².